The molecular weight excluding hydrogens is 484 g/mol. The minimum Gasteiger partial charge on any atom is -0.393 e. The van der Waals surface area contributed by atoms with Crippen molar-refractivity contribution in [1.82, 2.24) is 0 Å². The van der Waals surface area contributed by atoms with Gasteiger partial charge in [-0.15, -0.1) is 0 Å². The predicted molar refractivity (Wildman–Crippen MR) is 143 cm³/mol. The van der Waals surface area contributed by atoms with Crippen LogP contribution in [0.1, 0.15) is 73.6 Å². The summed E-state index contributed by atoms with van der Waals surface area (Å²) in [5.41, 5.74) is 3.34. The third-order valence-electron chi connectivity index (χ3n) is 11.5. The van der Waals surface area contributed by atoms with Crippen LogP contribution >= 0.6 is 0 Å². The molecule has 5 aliphatic rings. The Hall–Kier alpha value is -1.09. The van der Waals surface area contributed by atoms with Gasteiger partial charge in [-0.1, -0.05) is 51.8 Å². The summed E-state index contributed by atoms with van der Waals surface area (Å²) in [6.45, 7) is 13.4. The van der Waals surface area contributed by atoms with Crippen LogP contribution < -0.4 is 0 Å². The van der Waals surface area contributed by atoms with Crippen molar-refractivity contribution in [2.24, 2.45) is 46.3 Å². The van der Waals surface area contributed by atoms with Gasteiger partial charge in [0.15, 0.2) is 6.29 Å². The Morgan fingerprint density at radius 1 is 1.13 bits per heavy atom. The predicted octanol–water partition coefficient (Wildman–Crippen LogP) is 3.39. The smallest absolute Gasteiger partial charge is 0.186 e. The van der Waals surface area contributed by atoms with E-state index in [1.54, 1.807) is 0 Å². The fourth-order valence-electron chi connectivity index (χ4n) is 9.56. The maximum absolute atomic E-state index is 12.6. The SMILES string of the molecule is CC1=C2CC(OC3OCC(O)C(O)C3O)C(C)C2CC=C(C=O)C2(C)CC3(C)CC(O)C(C(C)C)C3CC12. The zero-order valence-electron chi connectivity index (χ0n) is 23.8. The molecule has 5 rings (SSSR count). The Morgan fingerprint density at radius 3 is 2.50 bits per heavy atom. The van der Waals surface area contributed by atoms with Crippen LogP contribution in [0, 0.1) is 46.3 Å². The number of hydrogen-bond acceptors (Lipinski definition) is 7. The zero-order chi connectivity index (χ0) is 27.7. The zero-order valence-corrected chi connectivity index (χ0v) is 23.8. The van der Waals surface area contributed by atoms with E-state index in [1.807, 2.05) is 0 Å². The third kappa shape index (κ3) is 4.36. The number of carbonyl (C=O) groups is 1. The fourth-order valence-corrected chi connectivity index (χ4v) is 9.56. The van der Waals surface area contributed by atoms with E-state index in [9.17, 15) is 25.2 Å². The molecule has 0 amide bonds. The number of rotatable bonds is 4. The van der Waals surface area contributed by atoms with Gasteiger partial charge < -0.3 is 29.9 Å². The van der Waals surface area contributed by atoms with Gasteiger partial charge in [0.25, 0.3) is 0 Å². The first-order chi connectivity index (χ1) is 17.8. The largest absolute Gasteiger partial charge is 0.393 e. The molecule has 1 saturated heterocycles. The Morgan fingerprint density at radius 2 is 1.84 bits per heavy atom. The Labute approximate surface area is 227 Å². The molecular formula is C31H48O7. The van der Waals surface area contributed by atoms with Crippen molar-refractivity contribution in [2.45, 2.75) is 110 Å². The molecule has 0 spiro atoms. The van der Waals surface area contributed by atoms with E-state index in [-0.39, 0.29) is 53.3 Å². The van der Waals surface area contributed by atoms with Gasteiger partial charge >= 0.3 is 0 Å². The van der Waals surface area contributed by atoms with Crippen LogP contribution in [0.2, 0.25) is 0 Å². The minimum absolute atomic E-state index is 0.000275. The van der Waals surface area contributed by atoms with Crippen molar-refractivity contribution in [1.29, 1.82) is 0 Å². The molecule has 7 heteroatoms. The normalized spacial score (nSPS) is 51.1. The van der Waals surface area contributed by atoms with E-state index in [2.05, 4.69) is 47.6 Å². The maximum atomic E-state index is 12.6. The lowest BCUT2D eigenvalue weighted by atomic mass is 9.49. The molecule has 1 heterocycles. The average molecular weight is 533 g/mol. The highest BCUT2D eigenvalue weighted by Gasteiger charge is 2.60. The number of hydrogen-bond donors (Lipinski definition) is 4. The second-order valence-electron chi connectivity index (χ2n) is 14.1. The molecule has 0 radical (unpaired) electrons. The quantitative estimate of drug-likeness (QED) is 0.324. The first-order valence-corrected chi connectivity index (χ1v) is 14.7. The Balaban J connectivity index is 1.48. The molecule has 4 N–H and O–H groups in total. The molecule has 3 saturated carbocycles. The van der Waals surface area contributed by atoms with Crippen molar-refractivity contribution in [3.8, 4) is 0 Å². The van der Waals surface area contributed by atoms with Gasteiger partial charge in [-0.05, 0) is 85.5 Å². The van der Waals surface area contributed by atoms with E-state index in [0.717, 1.165) is 44.0 Å². The molecule has 0 aromatic heterocycles. The molecule has 214 valence electrons. The van der Waals surface area contributed by atoms with Gasteiger partial charge in [0, 0.05) is 5.41 Å². The molecule has 13 atom stereocenters. The lowest BCUT2D eigenvalue weighted by Gasteiger charge is -2.54. The summed E-state index contributed by atoms with van der Waals surface area (Å²) in [5.74, 6) is 1.63. The van der Waals surface area contributed by atoms with E-state index < -0.39 is 24.6 Å². The number of aliphatic hydroxyl groups excluding tert-OH is 4. The molecule has 38 heavy (non-hydrogen) atoms. The summed E-state index contributed by atoms with van der Waals surface area (Å²) in [4.78, 5) is 12.6. The summed E-state index contributed by atoms with van der Waals surface area (Å²) >= 11 is 0. The second-order valence-corrected chi connectivity index (χ2v) is 14.1. The van der Waals surface area contributed by atoms with Crippen LogP contribution in [0.3, 0.4) is 0 Å². The number of allylic oxidation sites excluding steroid dienone is 3. The highest BCUT2D eigenvalue weighted by atomic mass is 16.7. The standard InChI is InChI=1S/C31H48O7/c1-15(2)26-22-10-21-16(3)20-9-25(38-29-28(36)27(35)24(34)13-37-29)17(4)19(20)8-7-18(12-32)31(21,6)14-30(22,5)11-23(26)33/h7,12,15,17,19,21-29,33-36H,8-11,13-14H2,1-6H3. The number of ether oxygens (including phenoxy) is 2. The first kappa shape index (κ1) is 28.4. The summed E-state index contributed by atoms with van der Waals surface area (Å²) in [7, 11) is 0. The highest BCUT2D eigenvalue weighted by Crippen LogP contribution is 2.66. The average Bonchev–Trinajstić information content (AvgIpc) is 3.29. The maximum Gasteiger partial charge on any atom is 0.186 e. The van der Waals surface area contributed by atoms with Gasteiger partial charge in [0.2, 0.25) is 0 Å². The number of carbonyl (C=O) groups excluding carboxylic acids is 1. The molecule has 1 aliphatic heterocycles. The van der Waals surface area contributed by atoms with Crippen LogP contribution in [0.4, 0.5) is 0 Å². The third-order valence-corrected chi connectivity index (χ3v) is 11.5. The van der Waals surface area contributed by atoms with Gasteiger partial charge in [-0.25, -0.2) is 0 Å². The fraction of sp³-hybridized carbons (Fsp3) is 0.839. The molecule has 7 nitrogen and oxygen atoms in total. The van der Waals surface area contributed by atoms with Gasteiger partial charge in [-0.3, -0.25) is 4.79 Å². The van der Waals surface area contributed by atoms with Gasteiger partial charge in [-0.2, -0.15) is 0 Å². The topological polar surface area (TPSA) is 116 Å². The van der Waals surface area contributed by atoms with Crippen molar-refractivity contribution in [3.05, 3.63) is 22.8 Å². The van der Waals surface area contributed by atoms with E-state index in [4.69, 9.17) is 9.47 Å². The van der Waals surface area contributed by atoms with E-state index >= 15 is 0 Å². The summed E-state index contributed by atoms with van der Waals surface area (Å²) in [5, 5.41) is 41.6. The molecule has 4 aliphatic carbocycles. The van der Waals surface area contributed by atoms with Crippen molar-refractivity contribution in [2.75, 3.05) is 6.61 Å². The van der Waals surface area contributed by atoms with Gasteiger partial charge in [0.1, 0.15) is 24.6 Å². The monoisotopic (exact) mass is 532 g/mol. The van der Waals surface area contributed by atoms with Crippen molar-refractivity contribution in [3.63, 3.8) is 0 Å². The van der Waals surface area contributed by atoms with Crippen molar-refractivity contribution < 1.29 is 34.7 Å². The lowest BCUT2D eigenvalue weighted by molar-refractivity contribution is -0.285. The molecule has 0 aromatic carbocycles. The molecule has 0 bridgehead atoms. The summed E-state index contributed by atoms with van der Waals surface area (Å²) < 4.78 is 11.9. The molecule has 0 aromatic rings. The van der Waals surface area contributed by atoms with Crippen LogP contribution in [-0.4, -0.2) is 70.1 Å². The minimum atomic E-state index is -1.31. The lowest BCUT2D eigenvalue weighted by Crippen LogP contribution is -2.54. The van der Waals surface area contributed by atoms with Crippen molar-refractivity contribution >= 4 is 6.29 Å². The molecule has 13 unspecified atom stereocenters. The van der Waals surface area contributed by atoms with Crippen LogP contribution in [0.15, 0.2) is 22.8 Å². The first-order valence-electron chi connectivity index (χ1n) is 14.7. The summed E-state index contributed by atoms with van der Waals surface area (Å²) in [6, 6.07) is 0. The molecule has 4 fully saturated rings. The van der Waals surface area contributed by atoms with Crippen LogP contribution in [-0.2, 0) is 14.3 Å². The highest BCUT2D eigenvalue weighted by molar-refractivity contribution is 5.76. The number of aliphatic hydroxyl groups is 4. The Kier molecular flexibility index (Phi) is 7.54. The van der Waals surface area contributed by atoms with Gasteiger partial charge in [0.05, 0.1) is 18.8 Å². The summed E-state index contributed by atoms with van der Waals surface area (Å²) in [6.07, 6.45) is 2.15. The van der Waals surface area contributed by atoms with E-state index in [0.29, 0.717) is 11.8 Å². The second kappa shape index (κ2) is 10.1. The number of fused-ring (bicyclic) bond motifs is 3. The number of aldehydes is 1. The van der Waals surface area contributed by atoms with E-state index in [1.165, 1.54) is 11.1 Å². The Bertz CT molecular complexity index is 989. The van der Waals surface area contributed by atoms with Crippen LogP contribution in [0.25, 0.3) is 0 Å². The van der Waals surface area contributed by atoms with Crippen LogP contribution in [0.5, 0.6) is 0 Å².